The van der Waals surface area contributed by atoms with Crippen LogP contribution in [0.5, 0.6) is 11.5 Å². The molecule has 45 heavy (non-hydrogen) atoms. The fraction of sp³-hybridized carbons (Fsp3) is 0.143. The fourth-order valence-electron chi connectivity index (χ4n) is 4.61. The van der Waals surface area contributed by atoms with E-state index >= 15 is 0 Å². The normalized spacial score (nSPS) is 14.6. The quantitative estimate of drug-likeness (QED) is 0.102. The Kier molecular flexibility index (Phi) is 11.9. The summed E-state index contributed by atoms with van der Waals surface area (Å²) < 4.78 is 11.8. The molecule has 4 rings (SSSR count). The monoisotopic (exact) mass is 733 g/mol. The predicted molar refractivity (Wildman–Crippen MR) is 188 cm³/mol. The molecule has 0 aliphatic carbocycles. The zero-order chi connectivity index (χ0) is 32.3. The maximum atomic E-state index is 14.0. The summed E-state index contributed by atoms with van der Waals surface area (Å²) in [5, 5.41) is 3.18. The first-order chi connectivity index (χ1) is 21.8. The highest BCUT2D eigenvalue weighted by atomic mass is 127. The third-order valence-corrected chi connectivity index (χ3v) is 8.25. The Morgan fingerprint density at radius 3 is 2.24 bits per heavy atom. The molecular weight excluding hydrogens is 701 g/mol. The Bertz CT molecular complexity index is 1660. The molecule has 0 bridgehead atoms. The summed E-state index contributed by atoms with van der Waals surface area (Å²) in [6, 6.07) is 22.5. The van der Waals surface area contributed by atoms with Gasteiger partial charge in [0, 0.05) is 14.8 Å². The maximum absolute atomic E-state index is 14.0. The summed E-state index contributed by atoms with van der Waals surface area (Å²) in [4.78, 5) is 46.3. The molecule has 0 radical (unpaired) electrons. The smallest absolute Gasteiger partial charge is 0.285 e. The molecule has 3 amide bonds. The highest BCUT2D eigenvalue weighted by Gasteiger charge is 2.35. The van der Waals surface area contributed by atoms with Crippen molar-refractivity contribution in [2.24, 2.45) is 4.99 Å². The number of methoxy groups -OCH3 is 2. The molecule has 0 unspecified atom stereocenters. The summed E-state index contributed by atoms with van der Waals surface area (Å²) in [6.45, 7) is 5.48. The second kappa shape index (κ2) is 16.1. The van der Waals surface area contributed by atoms with Gasteiger partial charge in [0.15, 0.2) is 16.7 Å². The van der Waals surface area contributed by atoms with E-state index in [1.54, 1.807) is 43.4 Å². The number of ether oxygens (including phenoxy) is 2. The van der Waals surface area contributed by atoms with Gasteiger partial charge in [0.1, 0.15) is 5.57 Å². The third-order valence-electron chi connectivity index (χ3n) is 6.69. The number of amidine groups is 1. The van der Waals surface area contributed by atoms with Crippen LogP contribution in [0.2, 0.25) is 0 Å². The molecule has 0 saturated heterocycles. The molecular formula is C35H32IN3O5S. The predicted octanol–water partition coefficient (Wildman–Crippen LogP) is 6.70. The average molecular weight is 734 g/mol. The summed E-state index contributed by atoms with van der Waals surface area (Å²) in [7, 11) is 3.00. The van der Waals surface area contributed by atoms with Crippen LogP contribution in [-0.4, -0.2) is 47.8 Å². The van der Waals surface area contributed by atoms with E-state index in [9.17, 15) is 14.4 Å². The van der Waals surface area contributed by atoms with E-state index in [4.69, 9.17) is 9.47 Å². The van der Waals surface area contributed by atoms with Crippen molar-refractivity contribution in [1.82, 2.24) is 10.2 Å². The first kappa shape index (κ1) is 33.5. The van der Waals surface area contributed by atoms with Crippen molar-refractivity contribution in [3.63, 3.8) is 0 Å². The summed E-state index contributed by atoms with van der Waals surface area (Å²) in [5.41, 5.74) is 2.63. The minimum atomic E-state index is -0.728. The molecule has 1 aliphatic heterocycles. The van der Waals surface area contributed by atoms with E-state index in [0.717, 1.165) is 26.5 Å². The van der Waals surface area contributed by atoms with Crippen molar-refractivity contribution >= 4 is 63.3 Å². The van der Waals surface area contributed by atoms with Crippen molar-refractivity contribution in [2.45, 2.75) is 13.0 Å². The van der Waals surface area contributed by atoms with E-state index < -0.39 is 11.8 Å². The Balaban J connectivity index is 1.67. The first-order valence-corrected chi connectivity index (χ1v) is 16.0. The van der Waals surface area contributed by atoms with Crippen LogP contribution in [-0.2, 0) is 14.4 Å². The second-order valence-corrected chi connectivity index (χ2v) is 11.7. The van der Waals surface area contributed by atoms with E-state index in [0.29, 0.717) is 22.8 Å². The molecule has 0 atom stereocenters. The topological polar surface area (TPSA) is 97.3 Å². The minimum absolute atomic E-state index is 0.0854. The van der Waals surface area contributed by atoms with E-state index in [-0.39, 0.29) is 28.4 Å². The van der Waals surface area contributed by atoms with E-state index in [1.165, 1.54) is 25.2 Å². The van der Waals surface area contributed by atoms with Crippen LogP contribution < -0.4 is 14.8 Å². The molecule has 0 fully saturated rings. The highest BCUT2D eigenvalue weighted by molar-refractivity contribution is 14.1. The molecule has 8 nitrogen and oxygen atoms in total. The van der Waals surface area contributed by atoms with Gasteiger partial charge >= 0.3 is 0 Å². The highest BCUT2D eigenvalue weighted by Crippen LogP contribution is 2.36. The summed E-state index contributed by atoms with van der Waals surface area (Å²) >= 11 is 3.13. The summed E-state index contributed by atoms with van der Waals surface area (Å²) in [5.74, 6) is -0.861. The Hall–Kier alpha value is -4.42. The van der Waals surface area contributed by atoms with Crippen molar-refractivity contribution in [3.8, 4) is 11.5 Å². The van der Waals surface area contributed by atoms with Crippen molar-refractivity contribution in [3.05, 3.63) is 135 Å². The molecule has 0 aromatic heterocycles. The molecule has 10 heteroatoms. The number of carbonyl (C=O) groups excluding carboxylic acids is 3. The van der Waals surface area contributed by atoms with Crippen LogP contribution in [0.25, 0.3) is 6.08 Å². The number of nitrogens with zero attached hydrogens (tertiary/aromatic N) is 2. The van der Waals surface area contributed by atoms with Crippen molar-refractivity contribution in [1.29, 1.82) is 0 Å². The van der Waals surface area contributed by atoms with E-state index in [1.807, 2.05) is 60.7 Å². The molecule has 0 saturated carbocycles. The van der Waals surface area contributed by atoms with Gasteiger partial charge in [-0.25, -0.2) is 0 Å². The standard InChI is InChI=1S/C35H32IN3O5S/c1-5-7-18-27(6-2)39-34(42)28(20-25-19-26(36)21-29(43-3)32(25)44-4)33(41)38-35(39)45-22-30(40)37-31(23-14-10-8-11-15-23)24-16-12-9-13-17-24/h5-21,31H,1,22H2,2-4H3,(H,37,40)/b18-7-,27-6+,28-20+. The Morgan fingerprint density at radius 1 is 1.04 bits per heavy atom. The largest absolute Gasteiger partial charge is 0.493 e. The Morgan fingerprint density at radius 2 is 1.69 bits per heavy atom. The lowest BCUT2D eigenvalue weighted by molar-refractivity contribution is -0.126. The van der Waals surface area contributed by atoms with Gasteiger partial charge in [0.05, 0.1) is 26.0 Å². The van der Waals surface area contributed by atoms with Crippen LogP contribution in [0.1, 0.15) is 29.7 Å². The number of aliphatic imine (C=N–C) groups is 1. The molecule has 1 aliphatic rings. The number of carbonyl (C=O) groups is 3. The lowest BCUT2D eigenvalue weighted by Gasteiger charge is -2.28. The molecule has 1 heterocycles. The van der Waals surface area contributed by atoms with Gasteiger partial charge in [-0.2, -0.15) is 4.99 Å². The molecule has 3 aromatic rings. The SMILES string of the molecule is C=C/C=C\C(=C/C)N1C(=O)/C(=C/c2cc(I)cc(OC)c2OC)C(=O)N=C1SCC(=O)NC(c1ccccc1)c1ccccc1. The molecule has 1 N–H and O–H groups in total. The van der Waals surface area contributed by atoms with Gasteiger partial charge in [-0.1, -0.05) is 97.2 Å². The number of amides is 3. The number of hydrogen-bond acceptors (Lipinski definition) is 6. The molecule has 230 valence electrons. The van der Waals surface area contributed by atoms with Crippen LogP contribution in [0.3, 0.4) is 0 Å². The van der Waals surface area contributed by atoms with Gasteiger partial charge in [-0.15, -0.1) is 0 Å². The number of thioether (sulfide) groups is 1. The zero-order valence-corrected chi connectivity index (χ0v) is 28.0. The summed E-state index contributed by atoms with van der Waals surface area (Å²) in [6.07, 6.45) is 8.11. The average Bonchev–Trinajstić information content (AvgIpc) is 3.06. The van der Waals surface area contributed by atoms with Crippen LogP contribution in [0.4, 0.5) is 0 Å². The van der Waals surface area contributed by atoms with Crippen LogP contribution in [0, 0.1) is 3.57 Å². The van der Waals surface area contributed by atoms with Gasteiger partial charge in [-0.05, 0) is 64.9 Å². The molecule has 0 spiro atoms. The van der Waals surface area contributed by atoms with Crippen molar-refractivity contribution < 1.29 is 23.9 Å². The minimum Gasteiger partial charge on any atom is -0.493 e. The zero-order valence-electron chi connectivity index (χ0n) is 25.0. The number of benzene rings is 3. The van der Waals surface area contributed by atoms with Crippen LogP contribution in [0.15, 0.2) is 120 Å². The fourth-order valence-corrected chi connectivity index (χ4v) is 6.04. The van der Waals surface area contributed by atoms with Gasteiger partial charge in [0.2, 0.25) is 5.91 Å². The second-order valence-electron chi connectivity index (χ2n) is 9.55. The van der Waals surface area contributed by atoms with Gasteiger partial charge < -0.3 is 14.8 Å². The Labute approximate surface area is 280 Å². The van der Waals surface area contributed by atoms with Gasteiger partial charge in [-0.3, -0.25) is 19.3 Å². The van der Waals surface area contributed by atoms with Crippen LogP contribution >= 0.6 is 34.4 Å². The number of rotatable bonds is 11. The number of halogens is 1. The lowest BCUT2D eigenvalue weighted by atomic mass is 9.99. The first-order valence-electron chi connectivity index (χ1n) is 13.9. The number of hydrogen-bond donors (Lipinski definition) is 1. The number of nitrogens with one attached hydrogen (secondary N) is 1. The van der Waals surface area contributed by atoms with Crippen molar-refractivity contribution in [2.75, 3.05) is 20.0 Å². The number of allylic oxidation sites excluding steroid dienone is 4. The van der Waals surface area contributed by atoms with E-state index in [2.05, 4.69) is 39.5 Å². The maximum Gasteiger partial charge on any atom is 0.285 e. The third kappa shape index (κ3) is 8.20. The van der Waals surface area contributed by atoms with Gasteiger partial charge in [0.25, 0.3) is 11.8 Å². The molecule has 3 aromatic carbocycles. The lowest BCUT2D eigenvalue weighted by Crippen LogP contribution is -2.42.